The average Bonchev–Trinajstić information content (AvgIpc) is 3.08. The van der Waals surface area contributed by atoms with E-state index in [-0.39, 0.29) is 17.9 Å². The highest BCUT2D eigenvalue weighted by Gasteiger charge is 2.46. The van der Waals surface area contributed by atoms with Gasteiger partial charge in [0.05, 0.1) is 11.6 Å². The molecule has 2 heterocycles. The Labute approximate surface area is 198 Å². The Balaban J connectivity index is 1.82. The van der Waals surface area contributed by atoms with E-state index >= 15 is 0 Å². The van der Waals surface area contributed by atoms with Crippen molar-refractivity contribution < 1.29 is 19.4 Å². The highest BCUT2D eigenvalue weighted by Crippen LogP contribution is 2.41. The van der Waals surface area contributed by atoms with Gasteiger partial charge in [-0.15, -0.1) is 0 Å². The van der Waals surface area contributed by atoms with Crippen molar-refractivity contribution in [3.63, 3.8) is 0 Å². The number of hydrogen-bond acceptors (Lipinski definition) is 5. The normalized spacial score (nSPS) is 17.1. The van der Waals surface area contributed by atoms with Crippen LogP contribution in [0.15, 0.2) is 85.2 Å². The van der Waals surface area contributed by atoms with Crippen molar-refractivity contribution in [1.82, 2.24) is 9.88 Å². The van der Waals surface area contributed by atoms with E-state index in [1.54, 1.807) is 42.7 Å². The lowest BCUT2D eigenvalue weighted by Gasteiger charge is -2.25. The highest BCUT2D eigenvalue weighted by atomic mass is 16.5. The lowest BCUT2D eigenvalue weighted by Crippen LogP contribution is -2.29. The molecule has 1 amide bonds. The van der Waals surface area contributed by atoms with Crippen LogP contribution in [0.5, 0.6) is 5.75 Å². The van der Waals surface area contributed by atoms with Crippen LogP contribution < -0.4 is 4.74 Å². The number of ether oxygens (including phenoxy) is 1. The van der Waals surface area contributed by atoms with E-state index < -0.39 is 17.7 Å². The van der Waals surface area contributed by atoms with Crippen LogP contribution in [0.4, 0.5) is 0 Å². The third kappa shape index (κ3) is 4.48. The summed E-state index contributed by atoms with van der Waals surface area (Å²) in [6, 6.07) is 15.7. The zero-order chi connectivity index (χ0) is 24.2. The summed E-state index contributed by atoms with van der Waals surface area (Å²) in [6.07, 6.45) is 4.96. The summed E-state index contributed by atoms with van der Waals surface area (Å²) in [5.74, 6) is -0.940. The molecule has 1 aromatic heterocycles. The van der Waals surface area contributed by atoms with Crippen LogP contribution in [0, 0.1) is 13.8 Å². The van der Waals surface area contributed by atoms with Crippen LogP contribution in [0.25, 0.3) is 5.76 Å². The minimum atomic E-state index is -0.725. The van der Waals surface area contributed by atoms with Gasteiger partial charge in [0.25, 0.3) is 11.7 Å². The standard InChI is InChI=1S/C28H26N2O4/c1-4-14-34-22-11-12-23(19(3)15-22)26(31)24-25(21-9-7-18(2)8-10-21)30(28(33)27(24)32)17-20-6-5-13-29-16-20/h4-13,15-16,25,31H,1,14,17H2,2-3H3/b26-24+. The summed E-state index contributed by atoms with van der Waals surface area (Å²) < 4.78 is 5.57. The number of benzene rings is 2. The van der Waals surface area contributed by atoms with Crippen LogP contribution in [0.3, 0.4) is 0 Å². The summed E-state index contributed by atoms with van der Waals surface area (Å²) in [5.41, 5.74) is 3.86. The SMILES string of the molecule is C=CCOc1ccc(/C(O)=C2\C(=O)C(=O)N(Cc3cccnc3)C2c2ccc(C)cc2)c(C)c1. The molecule has 1 saturated heterocycles. The van der Waals surface area contributed by atoms with E-state index in [2.05, 4.69) is 11.6 Å². The Morgan fingerprint density at radius 1 is 1.15 bits per heavy atom. The lowest BCUT2D eigenvalue weighted by molar-refractivity contribution is -0.140. The fourth-order valence-electron chi connectivity index (χ4n) is 4.12. The maximum absolute atomic E-state index is 13.2. The fourth-order valence-corrected chi connectivity index (χ4v) is 4.12. The molecule has 4 rings (SSSR count). The van der Waals surface area contributed by atoms with Crippen LogP contribution in [0.1, 0.15) is 33.9 Å². The van der Waals surface area contributed by atoms with Gasteiger partial charge in [-0.05, 0) is 54.8 Å². The highest BCUT2D eigenvalue weighted by molar-refractivity contribution is 6.46. The minimum Gasteiger partial charge on any atom is -0.507 e. The molecule has 2 aromatic carbocycles. The molecule has 1 atom stereocenters. The predicted octanol–water partition coefficient (Wildman–Crippen LogP) is 4.89. The second-order valence-electron chi connectivity index (χ2n) is 8.28. The van der Waals surface area contributed by atoms with Crippen LogP contribution in [-0.4, -0.2) is 33.3 Å². The van der Waals surface area contributed by atoms with Gasteiger partial charge in [-0.3, -0.25) is 14.6 Å². The smallest absolute Gasteiger partial charge is 0.295 e. The number of likely N-dealkylation sites (tertiary alicyclic amines) is 1. The van der Waals surface area contributed by atoms with E-state index in [0.717, 1.165) is 22.3 Å². The van der Waals surface area contributed by atoms with E-state index in [0.29, 0.717) is 17.9 Å². The molecule has 0 bridgehead atoms. The average molecular weight is 455 g/mol. The Morgan fingerprint density at radius 3 is 2.56 bits per heavy atom. The minimum absolute atomic E-state index is 0.0700. The number of Topliss-reactive ketones (excluding diaryl/α,β-unsaturated/α-hetero) is 1. The topological polar surface area (TPSA) is 79.7 Å². The van der Waals surface area contributed by atoms with Crippen molar-refractivity contribution in [3.8, 4) is 5.75 Å². The zero-order valence-corrected chi connectivity index (χ0v) is 19.2. The molecule has 6 nitrogen and oxygen atoms in total. The lowest BCUT2D eigenvalue weighted by atomic mass is 9.93. The summed E-state index contributed by atoms with van der Waals surface area (Å²) in [4.78, 5) is 32.0. The molecule has 1 N–H and O–H groups in total. The van der Waals surface area contributed by atoms with Gasteiger partial charge in [0.2, 0.25) is 0 Å². The molecule has 0 saturated carbocycles. The number of aromatic nitrogens is 1. The monoisotopic (exact) mass is 454 g/mol. The number of rotatable bonds is 7. The summed E-state index contributed by atoms with van der Waals surface area (Å²) in [5, 5.41) is 11.3. The maximum atomic E-state index is 13.2. The van der Waals surface area contributed by atoms with Gasteiger partial charge in [-0.25, -0.2) is 0 Å². The number of aliphatic hydroxyl groups is 1. The molecule has 1 fully saturated rings. The first-order chi connectivity index (χ1) is 16.4. The van der Waals surface area contributed by atoms with Gasteiger partial charge in [-0.1, -0.05) is 48.6 Å². The molecular formula is C28H26N2O4. The molecule has 34 heavy (non-hydrogen) atoms. The molecule has 172 valence electrons. The Morgan fingerprint density at radius 2 is 1.91 bits per heavy atom. The third-order valence-corrected chi connectivity index (χ3v) is 5.83. The van der Waals surface area contributed by atoms with E-state index in [9.17, 15) is 14.7 Å². The molecule has 1 aliphatic heterocycles. The van der Waals surface area contributed by atoms with Crippen molar-refractivity contribution in [1.29, 1.82) is 0 Å². The van der Waals surface area contributed by atoms with E-state index in [4.69, 9.17) is 4.74 Å². The van der Waals surface area contributed by atoms with Gasteiger partial charge in [0.15, 0.2) is 0 Å². The molecular weight excluding hydrogens is 428 g/mol. The summed E-state index contributed by atoms with van der Waals surface area (Å²) >= 11 is 0. The second kappa shape index (κ2) is 9.75. The van der Waals surface area contributed by atoms with Gasteiger partial charge >= 0.3 is 0 Å². The number of aryl methyl sites for hydroxylation is 2. The summed E-state index contributed by atoms with van der Waals surface area (Å²) in [7, 11) is 0. The molecule has 1 unspecified atom stereocenters. The molecule has 1 aliphatic rings. The number of nitrogens with zero attached hydrogens (tertiary/aromatic N) is 2. The van der Waals surface area contributed by atoms with Gasteiger partial charge in [0.1, 0.15) is 18.1 Å². The van der Waals surface area contributed by atoms with Crippen LogP contribution in [-0.2, 0) is 16.1 Å². The number of hydrogen-bond donors (Lipinski definition) is 1. The molecule has 0 aliphatic carbocycles. The Bertz CT molecular complexity index is 1260. The van der Waals surface area contributed by atoms with E-state index in [1.807, 2.05) is 44.2 Å². The number of amides is 1. The number of carbonyl (C=O) groups is 2. The zero-order valence-electron chi connectivity index (χ0n) is 19.2. The maximum Gasteiger partial charge on any atom is 0.295 e. The second-order valence-corrected chi connectivity index (χ2v) is 8.28. The van der Waals surface area contributed by atoms with Crippen molar-refractivity contribution in [2.45, 2.75) is 26.4 Å². The van der Waals surface area contributed by atoms with Gasteiger partial charge in [-0.2, -0.15) is 0 Å². The van der Waals surface area contributed by atoms with Crippen molar-refractivity contribution in [2.24, 2.45) is 0 Å². The first-order valence-electron chi connectivity index (χ1n) is 11.0. The quantitative estimate of drug-likeness (QED) is 0.238. The number of ketones is 1. The molecule has 0 spiro atoms. The molecule has 6 heteroatoms. The van der Waals surface area contributed by atoms with Crippen molar-refractivity contribution in [3.05, 3.63) is 113 Å². The van der Waals surface area contributed by atoms with Gasteiger partial charge in [0, 0.05) is 24.5 Å². The van der Waals surface area contributed by atoms with E-state index in [1.165, 1.54) is 4.90 Å². The molecule has 0 radical (unpaired) electrons. The number of aliphatic hydroxyl groups excluding tert-OH is 1. The molecule has 3 aromatic rings. The Hall–Kier alpha value is -4.19. The van der Waals surface area contributed by atoms with Crippen molar-refractivity contribution in [2.75, 3.05) is 6.61 Å². The van der Waals surface area contributed by atoms with Crippen LogP contribution >= 0.6 is 0 Å². The fraction of sp³-hybridized carbons (Fsp3) is 0.179. The van der Waals surface area contributed by atoms with Crippen LogP contribution in [0.2, 0.25) is 0 Å². The first kappa shape index (κ1) is 23.0. The third-order valence-electron chi connectivity index (χ3n) is 5.83. The number of carbonyl (C=O) groups excluding carboxylic acids is 2. The Kier molecular flexibility index (Phi) is 6.59. The predicted molar refractivity (Wildman–Crippen MR) is 130 cm³/mol. The largest absolute Gasteiger partial charge is 0.507 e. The van der Waals surface area contributed by atoms with Crippen molar-refractivity contribution >= 4 is 17.4 Å². The first-order valence-corrected chi connectivity index (χ1v) is 11.0. The number of pyridine rings is 1. The van der Waals surface area contributed by atoms with Gasteiger partial charge < -0.3 is 14.7 Å². The summed E-state index contributed by atoms with van der Waals surface area (Å²) in [6.45, 7) is 7.98.